The van der Waals surface area contributed by atoms with E-state index in [1.54, 1.807) is 6.08 Å². The Morgan fingerprint density at radius 2 is 1.39 bits per heavy atom. The topological polar surface area (TPSA) is 58.7 Å². The first kappa shape index (κ1) is 19.2. The average molecular weight is 370 g/mol. The number of hydrogen-bond donors (Lipinski definition) is 0. The summed E-state index contributed by atoms with van der Waals surface area (Å²) in [4.78, 5) is 0. The lowest BCUT2D eigenvalue weighted by Gasteiger charge is -2.03. The van der Waals surface area contributed by atoms with Gasteiger partial charge in [0.15, 0.2) is 0 Å². The molecule has 0 radical (unpaired) electrons. The number of aryl methyl sites for hydroxylation is 2. The van der Waals surface area contributed by atoms with E-state index < -0.39 is 0 Å². The van der Waals surface area contributed by atoms with Gasteiger partial charge >= 0.3 is 0 Å². The predicted molar refractivity (Wildman–Crippen MR) is 113 cm³/mol. The van der Waals surface area contributed by atoms with Crippen molar-refractivity contribution < 1.29 is 4.74 Å². The van der Waals surface area contributed by atoms with Gasteiger partial charge in [-0.3, -0.25) is 0 Å². The van der Waals surface area contributed by atoms with Gasteiger partial charge in [0.1, 0.15) is 12.4 Å². The summed E-state index contributed by atoms with van der Waals surface area (Å²) in [6.07, 6.45) is 1.71. The fourth-order valence-electron chi connectivity index (χ4n) is 2.48. The quantitative estimate of drug-likeness (QED) is 0.310. The molecule has 0 saturated heterocycles. The molecule has 3 aromatic carbocycles. The smallest absolute Gasteiger partial charge is 0.119 e. The Morgan fingerprint density at radius 1 is 0.750 bits per heavy atom. The Hall–Kier alpha value is -3.60. The van der Waals surface area contributed by atoms with Crippen molar-refractivity contribution in [3.05, 3.63) is 90.5 Å². The van der Waals surface area contributed by atoms with Crippen LogP contribution in [0.1, 0.15) is 11.1 Å². The lowest BCUT2D eigenvalue weighted by atomic mass is 10.2. The molecule has 3 aromatic rings. The van der Waals surface area contributed by atoms with E-state index in [1.807, 2.05) is 80.6 Å². The molecule has 0 aliphatic carbocycles. The van der Waals surface area contributed by atoms with Crippen LogP contribution in [0.15, 0.2) is 99.8 Å². The van der Waals surface area contributed by atoms with E-state index in [2.05, 4.69) is 27.0 Å². The van der Waals surface area contributed by atoms with Gasteiger partial charge in [-0.05, 0) is 73.5 Å². The minimum absolute atomic E-state index is 0.480. The number of hydrogen-bond acceptors (Lipinski definition) is 5. The first-order valence-electron chi connectivity index (χ1n) is 8.99. The van der Waals surface area contributed by atoms with E-state index in [0.717, 1.165) is 39.6 Å². The lowest BCUT2D eigenvalue weighted by Crippen LogP contribution is -1.91. The second-order valence-electron chi connectivity index (χ2n) is 6.25. The third-order valence-corrected chi connectivity index (χ3v) is 4.05. The van der Waals surface area contributed by atoms with Gasteiger partial charge < -0.3 is 4.74 Å². The third kappa shape index (κ3) is 5.20. The Bertz CT molecular complexity index is 1010. The van der Waals surface area contributed by atoms with Gasteiger partial charge in [0.05, 0.1) is 22.7 Å². The molecular weight excluding hydrogens is 348 g/mol. The summed E-state index contributed by atoms with van der Waals surface area (Å²) in [5, 5.41) is 17.3. The van der Waals surface area contributed by atoms with Crippen molar-refractivity contribution in [1.82, 2.24) is 0 Å². The minimum atomic E-state index is 0.480. The Morgan fingerprint density at radius 3 is 2.07 bits per heavy atom. The highest BCUT2D eigenvalue weighted by molar-refractivity contribution is 5.54. The molecule has 0 unspecified atom stereocenters. The van der Waals surface area contributed by atoms with Crippen LogP contribution in [0.2, 0.25) is 0 Å². The Labute approximate surface area is 165 Å². The minimum Gasteiger partial charge on any atom is -0.490 e. The number of ether oxygens (including phenoxy) is 1. The SMILES string of the molecule is C=CCOc1ccc(N=Nc2ccc(N=Nc3ccccc3C)cc2C)cc1. The van der Waals surface area contributed by atoms with Gasteiger partial charge in [0.25, 0.3) is 0 Å². The van der Waals surface area contributed by atoms with Crippen molar-refractivity contribution in [1.29, 1.82) is 0 Å². The normalized spacial score (nSPS) is 11.2. The molecule has 140 valence electrons. The van der Waals surface area contributed by atoms with Gasteiger partial charge in [-0.1, -0.05) is 30.9 Å². The molecule has 0 bridgehead atoms. The van der Waals surface area contributed by atoms with Crippen molar-refractivity contribution in [3.8, 4) is 5.75 Å². The molecular formula is C23H22N4O. The molecule has 0 atom stereocenters. The fourth-order valence-corrected chi connectivity index (χ4v) is 2.48. The van der Waals surface area contributed by atoms with Crippen LogP contribution in [0.5, 0.6) is 5.75 Å². The van der Waals surface area contributed by atoms with Crippen LogP contribution in [0, 0.1) is 13.8 Å². The van der Waals surface area contributed by atoms with Crippen LogP contribution in [0.3, 0.4) is 0 Å². The van der Waals surface area contributed by atoms with E-state index in [-0.39, 0.29) is 0 Å². The van der Waals surface area contributed by atoms with Gasteiger partial charge in [0.2, 0.25) is 0 Å². The van der Waals surface area contributed by atoms with Gasteiger partial charge in [-0.15, -0.1) is 0 Å². The summed E-state index contributed by atoms with van der Waals surface area (Å²) in [5.74, 6) is 0.776. The molecule has 0 spiro atoms. The summed E-state index contributed by atoms with van der Waals surface area (Å²) in [5.41, 5.74) is 5.27. The van der Waals surface area contributed by atoms with Gasteiger partial charge in [-0.2, -0.15) is 20.5 Å². The molecule has 5 nitrogen and oxygen atoms in total. The van der Waals surface area contributed by atoms with E-state index in [4.69, 9.17) is 4.74 Å². The van der Waals surface area contributed by atoms with Crippen molar-refractivity contribution in [3.63, 3.8) is 0 Å². The van der Waals surface area contributed by atoms with Crippen molar-refractivity contribution >= 4 is 22.7 Å². The lowest BCUT2D eigenvalue weighted by molar-refractivity contribution is 0.363. The van der Waals surface area contributed by atoms with E-state index in [0.29, 0.717) is 6.61 Å². The van der Waals surface area contributed by atoms with E-state index in [1.165, 1.54) is 0 Å². The van der Waals surface area contributed by atoms with Crippen LogP contribution in [0.25, 0.3) is 0 Å². The summed E-state index contributed by atoms with van der Waals surface area (Å²) < 4.78 is 5.46. The molecule has 28 heavy (non-hydrogen) atoms. The first-order valence-corrected chi connectivity index (χ1v) is 8.99. The maximum Gasteiger partial charge on any atom is 0.119 e. The largest absolute Gasteiger partial charge is 0.490 e. The summed E-state index contributed by atoms with van der Waals surface area (Å²) in [7, 11) is 0. The average Bonchev–Trinajstić information content (AvgIpc) is 2.72. The number of rotatable bonds is 7. The zero-order valence-corrected chi connectivity index (χ0v) is 16.0. The third-order valence-electron chi connectivity index (χ3n) is 4.05. The molecule has 0 N–H and O–H groups in total. The Balaban J connectivity index is 1.69. The zero-order valence-electron chi connectivity index (χ0n) is 16.0. The molecule has 0 aliphatic rings. The number of nitrogens with zero attached hydrogens (tertiary/aromatic N) is 4. The van der Waals surface area contributed by atoms with Crippen molar-refractivity contribution in [2.24, 2.45) is 20.5 Å². The first-order chi connectivity index (χ1) is 13.7. The molecule has 5 heteroatoms. The molecule has 0 heterocycles. The van der Waals surface area contributed by atoms with Gasteiger partial charge in [-0.25, -0.2) is 0 Å². The second kappa shape index (κ2) is 9.37. The number of azo groups is 2. The molecule has 0 amide bonds. The Kier molecular flexibility index (Phi) is 6.41. The summed E-state index contributed by atoms with van der Waals surface area (Å²) in [6, 6.07) is 21.1. The predicted octanol–water partition coefficient (Wildman–Crippen LogP) is 7.70. The van der Waals surface area contributed by atoms with Crippen LogP contribution in [0.4, 0.5) is 22.7 Å². The van der Waals surface area contributed by atoms with Crippen LogP contribution < -0.4 is 4.74 Å². The van der Waals surface area contributed by atoms with E-state index in [9.17, 15) is 0 Å². The van der Waals surface area contributed by atoms with Crippen LogP contribution in [-0.4, -0.2) is 6.61 Å². The maximum atomic E-state index is 5.46. The highest BCUT2D eigenvalue weighted by Gasteiger charge is 2.00. The molecule has 3 rings (SSSR count). The monoisotopic (exact) mass is 370 g/mol. The van der Waals surface area contributed by atoms with Crippen molar-refractivity contribution in [2.75, 3.05) is 6.61 Å². The van der Waals surface area contributed by atoms with Crippen LogP contribution >= 0.6 is 0 Å². The second-order valence-corrected chi connectivity index (χ2v) is 6.25. The zero-order chi connectivity index (χ0) is 19.8. The van der Waals surface area contributed by atoms with Crippen molar-refractivity contribution in [2.45, 2.75) is 13.8 Å². The molecule has 0 fully saturated rings. The summed E-state index contributed by atoms with van der Waals surface area (Å²) >= 11 is 0. The molecule has 0 aliphatic heterocycles. The van der Waals surface area contributed by atoms with Gasteiger partial charge in [0, 0.05) is 0 Å². The molecule has 0 saturated carbocycles. The number of benzene rings is 3. The highest BCUT2D eigenvalue weighted by atomic mass is 16.5. The van der Waals surface area contributed by atoms with E-state index >= 15 is 0 Å². The maximum absolute atomic E-state index is 5.46. The standard InChI is InChI=1S/C23H22N4O/c1-4-15-28-21-12-9-19(10-13-21)24-27-23-14-11-20(16-18(23)3)25-26-22-8-6-5-7-17(22)2/h4-14,16H,1,15H2,2-3H3. The summed E-state index contributed by atoms with van der Waals surface area (Å²) in [6.45, 7) is 8.10. The fraction of sp³-hybridized carbons (Fsp3) is 0.130. The molecule has 0 aromatic heterocycles. The highest BCUT2D eigenvalue weighted by Crippen LogP contribution is 2.28. The van der Waals surface area contributed by atoms with Crippen LogP contribution in [-0.2, 0) is 0 Å².